The number of rotatable bonds is 4. The lowest BCUT2D eigenvalue weighted by molar-refractivity contribution is 0.415. The van der Waals surface area contributed by atoms with E-state index >= 15 is 0 Å². The van der Waals surface area contributed by atoms with Crippen LogP contribution in [0.5, 0.6) is 5.75 Å². The summed E-state index contributed by atoms with van der Waals surface area (Å²) < 4.78 is 24.1. The highest BCUT2D eigenvalue weighted by Gasteiger charge is 2.24. The number of methoxy groups -OCH3 is 1. The van der Waals surface area contributed by atoms with Crippen LogP contribution in [0.2, 0.25) is 5.02 Å². The number of aromatic amines is 1. The van der Waals surface area contributed by atoms with E-state index in [0.29, 0.717) is 17.1 Å². The maximum Gasteiger partial charge on any atom is 0.329 e. The van der Waals surface area contributed by atoms with Gasteiger partial charge in [-0.25, -0.2) is 13.6 Å². The molecule has 0 aliphatic carbocycles. The number of H-pyrrole nitrogens is 1. The number of imidazole rings is 1. The molecule has 0 aliphatic rings. The van der Waals surface area contributed by atoms with Gasteiger partial charge in [-0.15, -0.1) is 10.2 Å². The van der Waals surface area contributed by atoms with Gasteiger partial charge in [-0.05, 0) is 36.4 Å². The summed E-state index contributed by atoms with van der Waals surface area (Å²) in [6, 6.07) is 11.5. The Morgan fingerprint density at radius 1 is 1.12 bits per heavy atom. The minimum absolute atomic E-state index is 0.0828. The molecule has 0 fully saturated rings. The van der Waals surface area contributed by atoms with Crippen LogP contribution in [0.4, 0.5) is 4.39 Å². The van der Waals surface area contributed by atoms with Gasteiger partial charge in [-0.2, -0.15) is 0 Å². The summed E-state index contributed by atoms with van der Waals surface area (Å²) >= 11 is 6.23. The van der Waals surface area contributed by atoms with Gasteiger partial charge in [0.25, 0.3) is 5.56 Å². The molecule has 0 unspecified atom stereocenters. The number of nitrogens with one attached hydrogen (secondary N) is 1. The zero-order valence-electron chi connectivity index (χ0n) is 17.0. The monoisotopic (exact) mass is 454 g/mol. The Morgan fingerprint density at radius 3 is 2.56 bits per heavy atom. The second-order valence-electron chi connectivity index (χ2n) is 7.16. The van der Waals surface area contributed by atoms with Crippen LogP contribution in [0, 0.1) is 5.82 Å². The topological polar surface area (TPSA) is 99.2 Å². The maximum absolute atomic E-state index is 14.5. The molecule has 9 nitrogen and oxygen atoms in total. The number of hydrogen-bond donors (Lipinski definition) is 1. The smallest absolute Gasteiger partial charge is 0.329 e. The number of benzene rings is 2. The lowest BCUT2D eigenvalue weighted by Crippen LogP contribution is -2.29. The molecule has 11 heteroatoms. The van der Waals surface area contributed by atoms with E-state index in [4.69, 9.17) is 16.3 Å². The van der Waals surface area contributed by atoms with Crippen LogP contribution in [0.25, 0.3) is 28.3 Å². The molecule has 32 heavy (non-hydrogen) atoms. The Hall–Kier alpha value is -3.92. The van der Waals surface area contributed by atoms with Gasteiger partial charge in [0.05, 0.1) is 13.7 Å². The Labute approximate surface area is 184 Å². The number of nitrogens with zero attached hydrogens (tertiary/aromatic N) is 5. The van der Waals surface area contributed by atoms with Crippen molar-refractivity contribution in [2.75, 3.05) is 7.11 Å². The summed E-state index contributed by atoms with van der Waals surface area (Å²) in [5.74, 6) is 0.812. The number of ether oxygens (including phenoxy) is 1. The normalized spacial score (nSPS) is 11.5. The highest BCUT2D eigenvalue weighted by atomic mass is 35.5. The molecule has 3 heterocycles. The van der Waals surface area contributed by atoms with E-state index in [2.05, 4.69) is 15.2 Å². The molecule has 3 aromatic heterocycles. The van der Waals surface area contributed by atoms with Crippen molar-refractivity contribution in [1.29, 1.82) is 0 Å². The third-order valence-electron chi connectivity index (χ3n) is 5.36. The molecule has 0 atom stereocenters. The van der Waals surface area contributed by atoms with Gasteiger partial charge in [0.2, 0.25) is 5.78 Å². The van der Waals surface area contributed by atoms with Crippen LogP contribution in [0.3, 0.4) is 0 Å². The molecular weight excluding hydrogens is 439 g/mol. The first-order chi connectivity index (χ1) is 15.4. The number of aryl methyl sites for hydroxylation is 1. The minimum atomic E-state index is -0.623. The van der Waals surface area contributed by atoms with Gasteiger partial charge in [-0.3, -0.25) is 18.9 Å². The zero-order chi connectivity index (χ0) is 22.6. The SMILES string of the molecule is COc1ccc(-c2nnc3n(Cc4c(F)cccc4Cl)c4c(=O)[nH]c(=O)n(C)c4n23)cc1. The first kappa shape index (κ1) is 20.0. The first-order valence-corrected chi connectivity index (χ1v) is 9.92. The van der Waals surface area contributed by atoms with Crippen molar-refractivity contribution in [1.82, 2.24) is 28.7 Å². The summed E-state index contributed by atoms with van der Waals surface area (Å²) in [6.45, 7) is -0.0828. The summed E-state index contributed by atoms with van der Waals surface area (Å²) in [7, 11) is 3.09. The lowest BCUT2D eigenvalue weighted by Gasteiger charge is -2.08. The van der Waals surface area contributed by atoms with E-state index in [1.807, 2.05) is 0 Å². The third-order valence-corrected chi connectivity index (χ3v) is 5.72. The molecule has 5 rings (SSSR count). The molecule has 0 radical (unpaired) electrons. The fourth-order valence-corrected chi connectivity index (χ4v) is 3.98. The predicted molar refractivity (Wildman–Crippen MR) is 117 cm³/mol. The molecule has 0 bridgehead atoms. The van der Waals surface area contributed by atoms with E-state index in [9.17, 15) is 14.0 Å². The van der Waals surface area contributed by atoms with Crippen LogP contribution in [-0.2, 0) is 13.6 Å². The van der Waals surface area contributed by atoms with Gasteiger partial charge in [0.1, 0.15) is 11.6 Å². The van der Waals surface area contributed by atoms with Crippen molar-refractivity contribution in [3.63, 3.8) is 0 Å². The van der Waals surface area contributed by atoms with Crippen LogP contribution in [0.1, 0.15) is 5.56 Å². The lowest BCUT2D eigenvalue weighted by atomic mass is 10.2. The van der Waals surface area contributed by atoms with Gasteiger partial charge in [0.15, 0.2) is 17.0 Å². The van der Waals surface area contributed by atoms with E-state index in [-0.39, 0.29) is 34.1 Å². The van der Waals surface area contributed by atoms with Crippen LogP contribution in [-0.4, -0.2) is 35.8 Å². The quantitative estimate of drug-likeness (QED) is 0.450. The van der Waals surface area contributed by atoms with Crippen molar-refractivity contribution in [3.8, 4) is 17.1 Å². The summed E-state index contributed by atoms with van der Waals surface area (Å²) in [5.41, 5.74) is 0.0783. The predicted octanol–water partition coefficient (Wildman–Crippen LogP) is 2.59. The van der Waals surface area contributed by atoms with Gasteiger partial charge >= 0.3 is 5.69 Å². The molecule has 162 valence electrons. The fraction of sp³-hybridized carbons (Fsp3) is 0.143. The Morgan fingerprint density at radius 2 is 1.88 bits per heavy atom. The standard InChI is InChI=1S/C21H16ClFN6O3/c1-27-19-16(18(30)24-21(27)31)28(10-13-14(22)4-3-5-15(13)23)20-26-25-17(29(19)20)11-6-8-12(32-2)9-7-11/h3-9H,10H2,1-2H3,(H,24,30,31). The second-order valence-corrected chi connectivity index (χ2v) is 7.57. The van der Waals surface area contributed by atoms with Crippen LogP contribution in [0.15, 0.2) is 52.1 Å². The van der Waals surface area contributed by atoms with E-state index in [1.54, 1.807) is 41.8 Å². The highest BCUT2D eigenvalue weighted by molar-refractivity contribution is 6.31. The molecule has 0 aliphatic heterocycles. The maximum atomic E-state index is 14.5. The molecule has 0 saturated carbocycles. The number of fused-ring (bicyclic) bond motifs is 3. The van der Waals surface area contributed by atoms with E-state index < -0.39 is 17.1 Å². The second kappa shape index (κ2) is 7.34. The molecule has 0 saturated heterocycles. The van der Waals surface area contributed by atoms with Crippen molar-refractivity contribution in [2.24, 2.45) is 7.05 Å². The van der Waals surface area contributed by atoms with Crippen molar-refractivity contribution in [2.45, 2.75) is 6.54 Å². The third kappa shape index (κ3) is 2.91. The van der Waals surface area contributed by atoms with E-state index in [1.165, 1.54) is 28.3 Å². The average Bonchev–Trinajstić information content (AvgIpc) is 3.34. The Bertz CT molecular complexity index is 1590. The largest absolute Gasteiger partial charge is 0.497 e. The summed E-state index contributed by atoms with van der Waals surface area (Å²) in [6.07, 6.45) is 0. The summed E-state index contributed by atoms with van der Waals surface area (Å²) in [4.78, 5) is 27.5. The molecule has 2 aromatic carbocycles. The highest BCUT2D eigenvalue weighted by Crippen LogP contribution is 2.28. The number of aromatic nitrogens is 6. The fourth-order valence-electron chi connectivity index (χ4n) is 3.76. The molecule has 5 aromatic rings. The Balaban J connectivity index is 1.86. The van der Waals surface area contributed by atoms with Gasteiger partial charge in [-0.1, -0.05) is 17.7 Å². The molecule has 1 N–H and O–H groups in total. The van der Waals surface area contributed by atoms with Gasteiger partial charge in [0, 0.05) is 23.2 Å². The summed E-state index contributed by atoms with van der Waals surface area (Å²) in [5, 5.41) is 8.74. The number of halogens is 2. The van der Waals surface area contributed by atoms with Crippen molar-refractivity contribution in [3.05, 3.63) is 79.7 Å². The minimum Gasteiger partial charge on any atom is -0.497 e. The Kier molecular flexibility index (Phi) is 4.59. The van der Waals surface area contributed by atoms with Crippen molar-refractivity contribution < 1.29 is 9.13 Å². The average molecular weight is 455 g/mol. The van der Waals surface area contributed by atoms with Crippen molar-refractivity contribution >= 4 is 28.5 Å². The zero-order valence-corrected chi connectivity index (χ0v) is 17.7. The van der Waals surface area contributed by atoms with Gasteiger partial charge < -0.3 is 4.74 Å². The first-order valence-electron chi connectivity index (χ1n) is 9.54. The van der Waals surface area contributed by atoms with Crippen LogP contribution >= 0.6 is 11.6 Å². The molecular formula is C21H16ClFN6O3. The molecule has 0 spiro atoms. The molecule has 0 amide bonds. The van der Waals surface area contributed by atoms with Crippen LogP contribution < -0.4 is 16.0 Å². The number of hydrogen-bond acceptors (Lipinski definition) is 5. The van der Waals surface area contributed by atoms with E-state index in [0.717, 1.165) is 0 Å².